The van der Waals surface area contributed by atoms with Crippen LogP contribution in [0.4, 0.5) is 0 Å². The number of carbonyl (C=O) groups is 4. The molecule has 5 N–H and O–H groups in total. The summed E-state index contributed by atoms with van der Waals surface area (Å²) in [7, 11) is 1.74. The third kappa shape index (κ3) is 8.58. The number of ether oxygens (including phenoxy) is 1. The molecule has 0 spiro atoms. The van der Waals surface area contributed by atoms with Gasteiger partial charge in [0.15, 0.2) is 5.78 Å². The molecule has 0 amide bonds. The summed E-state index contributed by atoms with van der Waals surface area (Å²) < 4.78 is 5.38. The Kier molecular flexibility index (Phi) is 10.3. The average Bonchev–Trinajstić information content (AvgIpc) is 3.25. The van der Waals surface area contributed by atoms with Crippen molar-refractivity contribution in [3.05, 3.63) is 51.7 Å². The molecular formula is C25H31N3O7S. The van der Waals surface area contributed by atoms with Crippen LogP contribution in [0.25, 0.3) is 0 Å². The molecule has 0 saturated carbocycles. The van der Waals surface area contributed by atoms with Crippen LogP contribution in [-0.2, 0) is 20.9 Å². The number of aliphatic carboxylic acids is 2. The number of carboxylic acids is 2. The Morgan fingerprint density at radius 1 is 1.06 bits per heavy atom. The second kappa shape index (κ2) is 12.9. The number of carboxylic acid groups (broad SMARTS) is 2. The summed E-state index contributed by atoms with van der Waals surface area (Å²) in [5.74, 6) is -4.37. The molecule has 11 heteroatoms. The van der Waals surface area contributed by atoms with E-state index >= 15 is 0 Å². The SMILES string of the molecule is CC(C)C[C@@H](C(=O)C[C@@H](CC(=O)O)C(=O)O)N(C)Cc1ccc(C(=O)Oc2ccc(C(=N)N)cc2)s1. The maximum absolute atomic E-state index is 13.0. The number of nitrogens with one attached hydrogen (secondary N) is 1. The zero-order valence-electron chi connectivity index (χ0n) is 20.4. The second-order valence-corrected chi connectivity index (χ2v) is 10.1. The van der Waals surface area contributed by atoms with E-state index < -0.39 is 36.3 Å². The van der Waals surface area contributed by atoms with Crippen LogP contribution in [-0.4, -0.2) is 57.7 Å². The molecule has 2 aromatic rings. The lowest BCUT2D eigenvalue weighted by Gasteiger charge is -2.28. The number of rotatable bonds is 14. The number of Topliss-reactive ketones (excluding diaryl/α,β-unsaturated/α-hetero) is 1. The Labute approximate surface area is 213 Å². The molecular weight excluding hydrogens is 486 g/mol. The maximum Gasteiger partial charge on any atom is 0.353 e. The first-order chi connectivity index (χ1) is 16.9. The van der Waals surface area contributed by atoms with E-state index in [9.17, 15) is 24.3 Å². The van der Waals surface area contributed by atoms with E-state index in [1.54, 1.807) is 48.3 Å². The summed E-state index contributed by atoms with van der Waals surface area (Å²) >= 11 is 1.22. The highest BCUT2D eigenvalue weighted by atomic mass is 32.1. The lowest BCUT2D eigenvalue weighted by atomic mass is 9.91. The fourth-order valence-electron chi connectivity index (χ4n) is 3.63. The number of hydrogen-bond acceptors (Lipinski definition) is 8. The molecule has 0 fully saturated rings. The van der Waals surface area contributed by atoms with Crippen molar-refractivity contribution >= 4 is 40.9 Å². The van der Waals surface area contributed by atoms with Crippen LogP contribution in [0.2, 0.25) is 0 Å². The quantitative estimate of drug-likeness (QED) is 0.127. The van der Waals surface area contributed by atoms with Gasteiger partial charge in [0.2, 0.25) is 0 Å². The molecule has 0 aliphatic rings. The number of ketones is 1. The van der Waals surface area contributed by atoms with Crippen LogP contribution in [0, 0.1) is 17.2 Å². The van der Waals surface area contributed by atoms with Gasteiger partial charge in [-0.2, -0.15) is 0 Å². The summed E-state index contributed by atoms with van der Waals surface area (Å²) in [6.45, 7) is 4.23. The van der Waals surface area contributed by atoms with Crippen molar-refractivity contribution in [2.24, 2.45) is 17.6 Å². The Hall–Kier alpha value is -3.57. The number of benzene rings is 1. The maximum atomic E-state index is 13.0. The Balaban J connectivity index is 2.08. The van der Waals surface area contributed by atoms with E-state index in [0.29, 0.717) is 29.2 Å². The topological polar surface area (TPSA) is 171 Å². The van der Waals surface area contributed by atoms with Crippen LogP contribution in [0.5, 0.6) is 5.75 Å². The van der Waals surface area contributed by atoms with E-state index in [0.717, 1.165) is 4.88 Å². The van der Waals surface area contributed by atoms with Crippen LogP contribution < -0.4 is 10.5 Å². The van der Waals surface area contributed by atoms with E-state index in [1.807, 2.05) is 13.8 Å². The Bertz CT molecular complexity index is 1110. The van der Waals surface area contributed by atoms with Crippen molar-refractivity contribution in [2.45, 2.75) is 45.7 Å². The molecule has 1 aromatic heterocycles. The molecule has 1 heterocycles. The molecule has 194 valence electrons. The number of likely N-dealkylation sites (N-methyl/N-ethyl adjacent to an activating group) is 1. The van der Waals surface area contributed by atoms with E-state index in [1.165, 1.54) is 11.3 Å². The van der Waals surface area contributed by atoms with E-state index in [2.05, 4.69) is 0 Å². The van der Waals surface area contributed by atoms with Gasteiger partial charge < -0.3 is 20.7 Å². The molecule has 1 aromatic carbocycles. The van der Waals surface area contributed by atoms with Gasteiger partial charge in [0.25, 0.3) is 0 Å². The van der Waals surface area contributed by atoms with Gasteiger partial charge in [0.05, 0.1) is 18.4 Å². The molecule has 2 rings (SSSR count). The summed E-state index contributed by atoms with van der Waals surface area (Å²) in [6, 6.07) is 9.05. The van der Waals surface area contributed by atoms with Gasteiger partial charge in [-0.3, -0.25) is 24.7 Å². The number of esters is 1. The number of carbonyl (C=O) groups excluding carboxylic acids is 2. The Morgan fingerprint density at radius 3 is 2.22 bits per heavy atom. The van der Waals surface area contributed by atoms with Gasteiger partial charge in [0, 0.05) is 23.4 Å². The number of hydrogen-bond donors (Lipinski definition) is 4. The van der Waals surface area contributed by atoms with Crippen molar-refractivity contribution in [3.63, 3.8) is 0 Å². The van der Waals surface area contributed by atoms with Gasteiger partial charge in [0.1, 0.15) is 16.5 Å². The fraction of sp³-hybridized carbons (Fsp3) is 0.400. The van der Waals surface area contributed by atoms with Crippen molar-refractivity contribution in [2.75, 3.05) is 7.05 Å². The summed E-state index contributed by atoms with van der Waals surface area (Å²) in [5.41, 5.74) is 5.94. The fourth-order valence-corrected chi connectivity index (χ4v) is 4.58. The number of thiophene rings is 1. The molecule has 0 saturated heterocycles. The third-order valence-electron chi connectivity index (χ3n) is 5.46. The van der Waals surface area contributed by atoms with Crippen molar-refractivity contribution < 1.29 is 34.1 Å². The largest absolute Gasteiger partial charge is 0.481 e. The van der Waals surface area contributed by atoms with E-state index in [4.69, 9.17) is 21.0 Å². The smallest absolute Gasteiger partial charge is 0.353 e. The molecule has 2 atom stereocenters. The van der Waals surface area contributed by atoms with Crippen LogP contribution in [0.15, 0.2) is 36.4 Å². The van der Waals surface area contributed by atoms with Crippen LogP contribution >= 0.6 is 11.3 Å². The lowest BCUT2D eigenvalue weighted by molar-refractivity contribution is -0.150. The normalized spacial score (nSPS) is 12.8. The zero-order valence-corrected chi connectivity index (χ0v) is 21.2. The van der Waals surface area contributed by atoms with Gasteiger partial charge in [-0.05, 0) is 55.8 Å². The molecule has 0 radical (unpaired) electrons. The molecule has 36 heavy (non-hydrogen) atoms. The Morgan fingerprint density at radius 2 is 1.69 bits per heavy atom. The molecule has 0 bridgehead atoms. The first kappa shape index (κ1) is 28.7. The predicted octanol–water partition coefficient (Wildman–Crippen LogP) is 3.23. The van der Waals surface area contributed by atoms with Crippen molar-refractivity contribution in [1.29, 1.82) is 5.41 Å². The highest BCUT2D eigenvalue weighted by Crippen LogP contribution is 2.24. The number of nitrogens with two attached hydrogens (primary N) is 1. The predicted molar refractivity (Wildman–Crippen MR) is 134 cm³/mol. The number of amidine groups is 1. The average molecular weight is 518 g/mol. The van der Waals surface area contributed by atoms with Crippen molar-refractivity contribution in [3.8, 4) is 5.75 Å². The highest BCUT2D eigenvalue weighted by molar-refractivity contribution is 7.13. The van der Waals surface area contributed by atoms with Gasteiger partial charge in [-0.1, -0.05) is 13.8 Å². The van der Waals surface area contributed by atoms with Crippen molar-refractivity contribution in [1.82, 2.24) is 4.90 Å². The molecule has 0 aliphatic heterocycles. The first-order valence-electron chi connectivity index (χ1n) is 11.3. The molecule has 0 aliphatic carbocycles. The number of nitrogen functional groups attached to an aromatic ring is 1. The van der Waals surface area contributed by atoms with Gasteiger partial charge >= 0.3 is 17.9 Å². The molecule has 10 nitrogen and oxygen atoms in total. The van der Waals surface area contributed by atoms with E-state index in [-0.39, 0.29) is 24.0 Å². The summed E-state index contributed by atoms with van der Waals surface area (Å²) in [4.78, 5) is 50.9. The summed E-state index contributed by atoms with van der Waals surface area (Å²) in [6.07, 6.45) is -0.508. The van der Waals surface area contributed by atoms with Crippen LogP contribution in [0.1, 0.15) is 53.2 Å². The monoisotopic (exact) mass is 517 g/mol. The highest BCUT2D eigenvalue weighted by Gasteiger charge is 2.31. The minimum atomic E-state index is -1.31. The minimum absolute atomic E-state index is 0.0884. The third-order valence-corrected chi connectivity index (χ3v) is 6.51. The second-order valence-electron chi connectivity index (χ2n) is 8.96. The zero-order chi connectivity index (χ0) is 27.0. The lowest BCUT2D eigenvalue weighted by Crippen LogP contribution is -2.40. The standard InChI is InChI=1S/C25H31N3O7S/c1-14(2)10-19(20(29)11-16(24(32)33)12-22(30)31)28(3)13-18-8-9-21(36-18)25(34)35-17-6-4-15(5-7-17)23(26)27/h4-9,14,16,19H,10-13H2,1-3H3,(H3,26,27)(H,30,31)(H,32,33)/t16-,19-/m0/s1. The minimum Gasteiger partial charge on any atom is -0.481 e. The first-order valence-corrected chi connectivity index (χ1v) is 12.1. The van der Waals surface area contributed by atoms with Gasteiger partial charge in [-0.25, -0.2) is 4.79 Å². The number of nitrogens with zero attached hydrogens (tertiary/aromatic N) is 1. The molecule has 0 unspecified atom stereocenters. The van der Waals surface area contributed by atoms with Crippen LogP contribution in [0.3, 0.4) is 0 Å². The summed E-state index contributed by atoms with van der Waals surface area (Å²) in [5, 5.41) is 25.7. The van der Waals surface area contributed by atoms with Gasteiger partial charge in [-0.15, -0.1) is 11.3 Å².